The molecule has 0 saturated carbocycles. The molecular weight excluding hydrogens is 162 g/mol. The van der Waals surface area contributed by atoms with Gasteiger partial charge in [0.2, 0.25) is 0 Å². The van der Waals surface area contributed by atoms with Crippen LogP contribution in [-0.2, 0) is 11.2 Å². The van der Waals surface area contributed by atoms with E-state index < -0.39 is 0 Å². The van der Waals surface area contributed by atoms with Crippen molar-refractivity contribution in [3.8, 4) is 0 Å². The van der Waals surface area contributed by atoms with E-state index in [0.29, 0.717) is 0 Å². The second-order valence-corrected chi connectivity index (χ2v) is 2.86. The topological polar surface area (TPSA) is 43.1 Å². The maximum absolute atomic E-state index is 8.00. The number of fused-ring (bicyclic) bond motifs is 1. The van der Waals surface area contributed by atoms with E-state index in [0.717, 1.165) is 18.5 Å². The van der Waals surface area contributed by atoms with Gasteiger partial charge in [-0.3, -0.25) is 0 Å². The monoisotopic (exact) mass is 175 g/mol. The van der Waals surface area contributed by atoms with E-state index >= 15 is 0 Å². The minimum absolute atomic E-state index is 0.901. The van der Waals surface area contributed by atoms with Crippen molar-refractivity contribution in [3.63, 3.8) is 0 Å². The average molecular weight is 175 g/mol. The summed E-state index contributed by atoms with van der Waals surface area (Å²) in [5.41, 5.74) is 9.29. The van der Waals surface area contributed by atoms with Crippen LogP contribution in [0.2, 0.25) is 0 Å². The zero-order valence-corrected chi connectivity index (χ0v) is 7.49. The molecule has 0 atom stereocenters. The number of benzene rings is 1. The van der Waals surface area contributed by atoms with Crippen molar-refractivity contribution < 1.29 is 4.79 Å². The lowest BCUT2D eigenvalue weighted by Crippen LogP contribution is -1.98. The lowest BCUT2D eigenvalue weighted by Gasteiger charge is -2.11. The number of anilines is 1. The molecule has 1 aliphatic rings. The molecule has 0 saturated heterocycles. The molecule has 0 bridgehead atoms. The molecule has 68 valence electrons. The molecule has 0 spiro atoms. The van der Waals surface area contributed by atoms with Crippen LogP contribution in [0.15, 0.2) is 24.3 Å². The fraction of sp³-hybridized carbons (Fsp3) is 0.182. The van der Waals surface area contributed by atoms with Gasteiger partial charge in [-0.25, -0.2) is 0 Å². The summed E-state index contributed by atoms with van der Waals surface area (Å²) in [6.07, 6.45) is 6.58. The van der Waals surface area contributed by atoms with Gasteiger partial charge >= 0.3 is 0 Å². The highest BCUT2D eigenvalue weighted by Gasteiger charge is 2.05. The molecule has 2 rings (SSSR count). The van der Waals surface area contributed by atoms with E-state index in [-0.39, 0.29) is 0 Å². The first-order valence-electron chi connectivity index (χ1n) is 4.21. The molecule has 2 nitrogen and oxygen atoms in total. The summed E-state index contributed by atoms with van der Waals surface area (Å²) in [6, 6.07) is 6.12. The van der Waals surface area contributed by atoms with Gasteiger partial charge < -0.3 is 10.5 Å². The number of hydrogen-bond acceptors (Lipinski definition) is 2. The molecule has 1 aliphatic carbocycles. The number of rotatable bonds is 0. The van der Waals surface area contributed by atoms with Crippen LogP contribution in [0.4, 0.5) is 5.69 Å². The Bertz CT molecular complexity index is 318. The third kappa shape index (κ3) is 1.96. The van der Waals surface area contributed by atoms with Crippen LogP contribution >= 0.6 is 0 Å². The fourth-order valence-electron chi connectivity index (χ4n) is 1.49. The Morgan fingerprint density at radius 1 is 1.31 bits per heavy atom. The average Bonchev–Trinajstić information content (AvgIpc) is 2.22. The van der Waals surface area contributed by atoms with E-state index in [1.54, 1.807) is 0 Å². The normalized spacial score (nSPS) is 12.6. The molecule has 0 amide bonds. The van der Waals surface area contributed by atoms with Gasteiger partial charge in [0, 0.05) is 11.3 Å². The number of carbonyl (C=O) groups excluding carboxylic acids is 1. The maximum atomic E-state index is 8.00. The van der Waals surface area contributed by atoms with Crippen LogP contribution in [0.3, 0.4) is 0 Å². The highest BCUT2D eigenvalue weighted by molar-refractivity contribution is 5.68. The second-order valence-electron chi connectivity index (χ2n) is 2.86. The molecule has 0 fully saturated rings. The SMILES string of the molecule is C=O.Nc1cccc2c1C=CCC2. The van der Waals surface area contributed by atoms with Gasteiger partial charge in [0.25, 0.3) is 0 Å². The molecule has 1 aromatic carbocycles. The number of aryl methyl sites for hydroxylation is 1. The van der Waals surface area contributed by atoms with Crippen LogP contribution in [0.25, 0.3) is 6.08 Å². The Kier molecular flexibility index (Phi) is 3.26. The minimum atomic E-state index is 0.901. The molecule has 2 heteroatoms. The largest absolute Gasteiger partial charge is 0.398 e. The summed E-state index contributed by atoms with van der Waals surface area (Å²) in [6.45, 7) is 2.00. The van der Waals surface area contributed by atoms with Crippen molar-refractivity contribution in [1.29, 1.82) is 0 Å². The summed E-state index contributed by atoms with van der Waals surface area (Å²) in [7, 11) is 0. The van der Waals surface area contributed by atoms with E-state index in [4.69, 9.17) is 10.5 Å². The lowest BCUT2D eigenvalue weighted by molar-refractivity contribution is -0.0979. The number of nitrogens with two attached hydrogens (primary N) is 1. The standard InChI is InChI=1S/C10H11N.CH2O/c11-10-7-3-5-8-4-1-2-6-9(8)10;1-2/h2-3,5-7H,1,4,11H2;1H2. The zero-order valence-electron chi connectivity index (χ0n) is 7.49. The molecule has 0 radical (unpaired) electrons. The highest BCUT2D eigenvalue weighted by Crippen LogP contribution is 2.23. The van der Waals surface area contributed by atoms with Crippen molar-refractivity contribution in [1.82, 2.24) is 0 Å². The Balaban J connectivity index is 0.000000396. The lowest BCUT2D eigenvalue weighted by atomic mass is 9.96. The van der Waals surface area contributed by atoms with Crippen LogP contribution in [0.5, 0.6) is 0 Å². The van der Waals surface area contributed by atoms with Crippen LogP contribution < -0.4 is 5.73 Å². The number of nitrogen functional groups attached to an aromatic ring is 1. The first-order chi connectivity index (χ1) is 6.38. The molecular formula is C11H13NO. The zero-order chi connectivity index (χ0) is 9.68. The third-order valence-corrected chi connectivity index (χ3v) is 2.10. The molecule has 0 aliphatic heterocycles. The van der Waals surface area contributed by atoms with Crippen molar-refractivity contribution >= 4 is 18.6 Å². The summed E-state index contributed by atoms with van der Waals surface area (Å²) < 4.78 is 0. The second kappa shape index (κ2) is 4.45. The minimum Gasteiger partial charge on any atom is -0.398 e. The first-order valence-corrected chi connectivity index (χ1v) is 4.21. The molecule has 0 unspecified atom stereocenters. The highest BCUT2D eigenvalue weighted by atomic mass is 16.1. The Labute approximate surface area is 78.1 Å². The Morgan fingerprint density at radius 2 is 2.08 bits per heavy atom. The van der Waals surface area contributed by atoms with Gasteiger partial charge in [0.15, 0.2) is 0 Å². The van der Waals surface area contributed by atoms with E-state index in [1.165, 1.54) is 11.1 Å². The van der Waals surface area contributed by atoms with E-state index in [2.05, 4.69) is 18.2 Å². The Morgan fingerprint density at radius 3 is 2.77 bits per heavy atom. The maximum Gasteiger partial charge on any atom is 0.106 e. The summed E-state index contributed by atoms with van der Waals surface area (Å²) in [4.78, 5) is 8.00. The Hall–Kier alpha value is -1.57. The third-order valence-electron chi connectivity index (χ3n) is 2.10. The predicted molar refractivity (Wildman–Crippen MR) is 55.3 cm³/mol. The number of allylic oxidation sites excluding steroid dienone is 1. The molecule has 0 heterocycles. The molecule has 1 aromatic rings. The smallest absolute Gasteiger partial charge is 0.106 e. The van der Waals surface area contributed by atoms with Gasteiger partial charge in [-0.1, -0.05) is 24.3 Å². The fourth-order valence-corrected chi connectivity index (χ4v) is 1.49. The molecule has 13 heavy (non-hydrogen) atoms. The van der Waals surface area contributed by atoms with Crippen molar-refractivity contribution in [3.05, 3.63) is 35.4 Å². The van der Waals surface area contributed by atoms with Crippen LogP contribution in [0, 0.1) is 0 Å². The summed E-state index contributed by atoms with van der Waals surface area (Å²) >= 11 is 0. The number of carbonyl (C=O) groups is 1. The van der Waals surface area contributed by atoms with Crippen LogP contribution in [0.1, 0.15) is 17.5 Å². The van der Waals surface area contributed by atoms with Gasteiger partial charge in [0.1, 0.15) is 6.79 Å². The summed E-state index contributed by atoms with van der Waals surface area (Å²) in [5.74, 6) is 0. The van der Waals surface area contributed by atoms with Gasteiger partial charge in [-0.15, -0.1) is 0 Å². The summed E-state index contributed by atoms with van der Waals surface area (Å²) in [5, 5.41) is 0. The predicted octanol–water partition coefficient (Wildman–Crippen LogP) is 2.04. The van der Waals surface area contributed by atoms with Crippen molar-refractivity contribution in [2.45, 2.75) is 12.8 Å². The molecule has 0 aromatic heterocycles. The van der Waals surface area contributed by atoms with E-state index in [9.17, 15) is 0 Å². The quantitative estimate of drug-likeness (QED) is 0.613. The van der Waals surface area contributed by atoms with Crippen molar-refractivity contribution in [2.75, 3.05) is 5.73 Å². The van der Waals surface area contributed by atoms with Gasteiger partial charge in [-0.2, -0.15) is 0 Å². The van der Waals surface area contributed by atoms with Crippen molar-refractivity contribution in [2.24, 2.45) is 0 Å². The molecule has 2 N–H and O–H groups in total. The van der Waals surface area contributed by atoms with Gasteiger partial charge in [0.05, 0.1) is 0 Å². The first kappa shape index (κ1) is 9.52. The van der Waals surface area contributed by atoms with Gasteiger partial charge in [-0.05, 0) is 24.5 Å². The van der Waals surface area contributed by atoms with Crippen LogP contribution in [-0.4, -0.2) is 6.79 Å². The number of hydrogen-bond donors (Lipinski definition) is 1. The van der Waals surface area contributed by atoms with E-state index in [1.807, 2.05) is 18.9 Å².